The van der Waals surface area contributed by atoms with Crippen molar-refractivity contribution >= 4 is 5.82 Å². The Bertz CT molecular complexity index is 322. The fourth-order valence-electron chi connectivity index (χ4n) is 1.72. The van der Waals surface area contributed by atoms with Gasteiger partial charge in [-0.2, -0.15) is 0 Å². The first kappa shape index (κ1) is 12.9. The van der Waals surface area contributed by atoms with Crippen LogP contribution in [0.25, 0.3) is 0 Å². The van der Waals surface area contributed by atoms with Gasteiger partial charge >= 0.3 is 0 Å². The summed E-state index contributed by atoms with van der Waals surface area (Å²) in [6, 6.07) is 3.98. The van der Waals surface area contributed by atoms with Gasteiger partial charge in [0.15, 0.2) is 0 Å². The van der Waals surface area contributed by atoms with Crippen LogP contribution < -0.4 is 10.6 Å². The number of aliphatic hydroxyl groups is 1. The minimum absolute atomic E-state index is 0.139. The number of aryl methyl sites for hydroxylation is 1. The summed E-state index contributed by atoms with van der Waals surface area (Å²) in [5, 5.41) is 9.06. The van der Waals surface area contributed by atoms with E-state index in [1.165, 1.54) is 0 Å². The van der Waals surface area contributed by atoms with E-state index in [-0.39, 0.29) is 6.61 Å². The molecular weight excluding hydrogens is 202 g/mol. The van der Waals surface area contributed by atoms with Crippen LogP contribution in [-0.2, 0) is 6.54 Å². The van der Waals surface area contributed by atoms with Gasteiger partial charge in [0.05, 0.1) is 6.61 Å². The normalized spacial score (nSPS) is 10.5. The van der Waals surface area contributed by atoms with Gasteiger partial charge in [-0.05, 0) is 19.4 Å². The van der Waals surface area contributed by atoms with Crippen molar-refractivity contribution in [1.29, 1.82) is 0 Å². The monoisotopic (exact) mass is 223 g/mol. The maximum Gasteiger partial charge on any atom is 0.133 e. The van der Waals surface area contributed by atoms with Crippen molar-refractivity contribution in [2.45, 2.75) is 26.8 Å². The molecule has 1 aromatic rings. The molecule has 0 unspecified atom stereocenters. The average molecular weight is 223 g/mol. The minimum Gasteiger partial charge on any atom is -0.395 e. The lowest BCUT2D eigenvalue weighted by Gasteiger charge is -2.24. The Morgan fingerprint density at radius 3 is 2.69 bits per heavy atom. The largest absolute Gasteiger partial charge is 0.395 e. The first-order valence-electron chi connectivity index (χ1n) is 5.75. The van der Waals surface area contributed by atoms with Gasteiger partial charge < -0.3 is 15.7 Å². The highest BCUT2D eigenvalue weighted by atomic mass is 16.3. The van der Waals surface area contributed by atoms with Crippen LogP contribution in [0.1, 0.15) is 24.6 Å². The molecule has 0 spiro atoms. The molecule has 0 fully saturated rings. The molecule has 4 nitrogen and oxygen atoms in total. The van der Waals surface area contributed by atoms with Crippen LogP contribution in [0, 0.1) is 6.92 Å². The van der Waals surface area contributed by atoms with E-state index in [9.17, 15) is 0 Å². The van der Waals surface area contributed by atoms with Gasteiger partial charge in [-0.1, -0.05) is 13.0 Å². The third-order valence-corrected chi connectivity index (χ3v) is 2.48. The first-order valence-corrected chi connectivity index (χ1v) is 5.75. The minimum atomic E-state index is 0.139. The van der Waals surface area contributed by atoms with Gasteiger partial charge in [0.2, 0.25) is 0 Å². The number of anilines is 1. The fraction of sp³-hybridized carbons (Fsp3) is 0.583. The molecule has 0 radical (unpaired) electrons. The Kier molecular flexibility index (Phi) is 5.22. The predicted octanol–water partition coefficient (Wildman–Crippen LogP) is 1.06. The molecule has 1 heterocycles. The Labute approximate surface area is 97.1 Å². The molecule has 1 aromatic heterocycles. The van der Waals surface area contributed by atoms with Crippen molar-refractivity contribution < 1.29 is 5.11 Å². The summed E-state index contributed by atoms with van der Waals surface area (Å²) in [6.07, 6.45) is 1.03. The summed E-state index contributed by atoms with van der Waals surface area (Å²) in [5.74, 6) is 0.915. The average Bonchev–Trinajstić information content (AvgIpc) is 2.29. The maximum absolute atomic E-state index is 9.06. The van der Waals surface area contributed by atoms with E-state index >= 15 is 0 Å². The Morgan fingerprint density at radius 1 is 1.38 bits per heavy atom. The molecule has 16 heavy (non-hydrogen) atoms. The highest BCUT2D eigenvalue weighted by molar-refractivity contribution is 5.47. The van der Waals surface area contributed by atoms with Crippen LogP contribution in [0.15, 0.2) is 12.1 Å². The summed E-state index contributed by atoms with van der Waals surface area (Å²) < 4.78 is 0. The van der Waals surface area contributed by atoms with Gasteiger partial charge in [0.1, 0.15) is 5.82 Å². The van der Waals surface area contributed by atoms with Crippen molar-refractivity contribution in [2.75, 3.05) is 24.6 Å². The molecule has 0 bridgehead atoms. The Morgan fingerprint density at radius 2 is 2.12 bits per heavy atom. The number of hydrogen-bond acceptors (Lipinski definition) is 4. The summed E-state index contributed by atoms with van der Waals surface area (Å²) in [4.78, 5) is 6.61. The van der Waals surface area contributed by atoms with Crippen molar-refractivity contribution in [3.8, 4) is 0 Å². The lowest BCUT2D eigenvalue weighted by atomic mass is 10.2. The first-order chi connectivity index (χ1) is 7.72. The zero-order valence-electron chi connectivity index (χ0n) is 10.1. The van der Waals surface area contributed by atoms with Crippen LogP contribution in [0.3, 0.4) is 0 Å². The van der Waals surface area contributed by atoms with E-state index in [4.69, 9.17) is 10.8 Å². The number of rotatable bonds is 6. The van der Waals surface area contributed by atoms with E-state index < -0.39 is 0 Å². The molecule has 3 N–H and O–H groups in total. The summed E-state index contributed by atoms with van der Waals surface area (Å²) >= 11 is 0. The molecule has 0 saturated carbocycles. The van der Waals surface area contributed by atoms with Gasteiger partial charge in [0, 0.05) is 30.9 Å². The molecule has 0 atom stereocenters. The summed E-state index contributed by atoms with van der Waals surface area (Å²) in [7, 11) is 0. The van der Waals surface area contributed by atoms with Gasteiger partial charge in [-0.3, -0.25) is 0 Å². The predicted molar refractivity (Wildman–Crippen MR) is 66.5 cm³/mol. The SMILES string of the molecule is CCCN(CCO)c1nc(C)ccc1CN. The van der Waals surface area contributed by atoms with E-state index in [1.54, 1.807) is 0 Å². The van der Waals surface area contributed by atoms with Gasteiger partial charge in [0.25, 0.3) is 0 Å². The van der Waals surface area contributed by atoms with Crippen LogP contribution in [-0.4, -0.2) is 29.8 Å². The molecular formula is C12H21N3O. The van der Waals surface area contributed by atoms with Crippen molar-refractivity contribution in [3.05, 3.63) is 23.4 Å². The Balaban J connectivity index is 3.00. The molecule has 0 amide bonds. The smallest absolute Gasteiger partial charge is 0.133 e. The quantitative estimate of drug-likeness (QED) is 0.757. The second-order valence-corrected chi connectivity index (χ2v) is 3.85. The van der Waals surface area contributed by atoms with Gasteiger partial charge in [-0.25, -0.2) is 4.98 Å². The topological polar surface area (TPSA) is 62.4 Å². The summed E-state index contributed by atoms with van der Waals surface area (Å²) in [5.41, 5.74) is 7.71. The zero-order chi connectivity index (χ0) is 12.0. The molecule has 0 aliphatic carbocycles. The molecule has 90 valence electrons. The number of nitrogens with zero attached hydrogens (tertiary/aromatic N) is 2. The van der Waals surface area contributed by atoms with E-state index in [1.807, 2.05) is 19.1 Å². The van der Waals surface area contributed by atoms with Gasteiger partial charge in [-0.15, -0.1) is 0 Å². The lowest BCUT2D eigenvalue weighted by Crippen LogP contribution is -2.29. The molecule has 0 aromatic carbocycles. The van der Waals surface area contributed by atoms with Crippen LogP contribution in [0.4, 0.5) is 5.82 Å². The molecule has 0 saturated heterocycles. The number of pyridine rings is 1. The number of aromatic nitrogens is 1. The number of nitrogens with two attached hydrogens (primary N) is 1. The second kappa shape index (κ2) is 6.45. The molecule has 0 aliphatic heterocycles. The highest BCUT2D eigenvalue weighted by Crippen LogP contribution is 2.18. The van der Waals surface area contributed by atoms with Crippen LogP contribution >= 0.6 is 0 Å². The summed E-state index contributed by atoms with van der Waals surface area (Å²) in [6.45, 7) is 6.20. The van der Waals surface area contributed by atoms with E-state index in [0.29, 0.717) is 13.1 Å². The lowest BCUT2D eigenvalue weighted by molar-refractivity contribution is 0.301. The van der Waals surface area contributed by atoms with E-state index in [2.05, 4.69) is 16.8 Å². The molecule has 1 rings (SSSR count). The third-order valence-electron chi connectivity index (χ3n) is 2.48. The highest BCUT2D eigenvalue weighted by Gasteiger charge is 2.11. The third kappa shape index (κ3) is 3.18. The molecule has 4 heteroatoms. The van der Waals surface area contributed by atoms with Crippen molar-refractivity contribution in [1.82, 2.24) is 4.98 Å². The second-order valence-electron chi connectivity index (χ2n) is 3.85. The number of aliphatic hydroxyl groups excluding tert-OH is 1. The van der Waals surface area contributed by atoms with Crippen LogP contribution in [0.2, 0.25) is 0 Å². The number of hydrogen-bond donors (Lipinski definition) is 2. The van der Waals surface area contributed by atoms with Crippen LogP contribution in [0.5, 0.6) is 0 Å². The van der Waals surface area contributed by atoms with Crippen molar-refractivity contribution in [2.24, 2.45) is 5.73 Å². The van der Waals surface area contributed by atoms with Crippen molar-refractivity contribution in [3.63, 3.8) is 0 Å². The Hall–Kier alpha value is -1.13. The van der Waals surface area contributed by atoms with E-state index in [0.717, 1.165) is 30.0 Å². The standard InChI is InChI=1S/C12H21N3O/c1-3-6-15(7-8-16)12-11(9-13)5-4-10(2)14-12/h4-5,16H,3,6-9,13H2,1-2H3. The fourth-order valence-corrected chi connectivity index (χ4v) is 1.72. The zero-order valence-corrected chi connectivity index (χ0v) is 10.1. The molecule has 0 aliphatic rings. The maximum atomic E-state index is 9.06.